The van der Waals surface area contributed by atoms with Gasteiger partial charge in [-0.3, -0.25) is 14.4 Å². The molecule has 0 saturated heterocycles. The predicted octanol–water partition coefficient (Wildman–Crippen LogP) is 3.29. The lowest BCUT2D eigenvalue weighted by molar-refractivity contribution is -0.163. The summed E-state index contributed by atoms with van der Waals surface area (Å²) in [6, 6.07) is 19.1. The molecule has 0 aromatic heterocycles. The van der Waals surface area contributed by atoms with Crippen LogP contribution in [0, 0.1) is 23.2 Å². The Bertz CT molecular complexity index is 875. The summed E-state index contributed by atoms with van der Waals surface area (Å²) in [4.78, 5) is 38.4. The summed E-state index contributed by atoms with van der Waals surface area (Å²) in [6.07, 6.45) is 0. The Morgan fingerprint density at radius 3 is 1.87 bits per heavy atom. The highest BCUT2D eigenvalue weighted by Crippen LogP contribution is 2.35. The molecule has 2 aromatic carbocycles. The van der Waals surface area contributed by atoms with Crippen LogP contribution in [0.1, 0.15) is 25.3 Å². The van der Waals surface area contributed by atoms with E-state index in [1.54, 1.807) is 74.5 Å². The highest BCUT2D eigenvalue weighted by Gasteiger charge is 2.45. The zero-order valence-electron chi connectivity index (χ0n) is 16.9. The van der Waals surface area contributed by atoms with Gasteiger partial charge in [0.2, 0.25) is 5.91 Å². The third kappa shape index (κ3) is 5.67. The minimum absolute atomic E-state index is 0.0453. The second-order valence-corrected chi connectivity index (χ2v) is 6.38. The maximum absolute atomic E-state index is 13.0. The van der Waals surface area contributed by atoms with Crippen LogP contribution in [0.25, 0.3) is 0 Å². The first-order chi connectivity index (χ1) is 14.5. The topological polar surface area (TPSA) is 105 Å². The minimum Gasteiger partial charge on any atom is -0.465 e. The smallest absolute Gasteiger partial charge is 0.321 e. The number of nitriles is 1. The number of carbonyl (C=O) groups excluding carboxylic acids is 3. The van der Waals surface area contributed by atoms with Crippen LogP contribution >= 0.6 is 0 Å². The van der Waals surface area contributed by atoms with Gasteiger partial charge in [0.1, 0.15) is 5.92 Å². The number of hydrogen-bond donors (Lipinski definition) is 1. The molecular formula is C23H24N2O5. The molecule has 7 heteroatoms. The molecule has 7 nitrogen and oxygen atoms in total. The number of nitrogens with zero attached hydrogens (tertiary/aromatic N) is 1. The van der Waals surface area contributed by atoms with Crippen molar-refractivity contribution in [1.82, 2.24) is 0 Å². The molecule has 2 aromatic rings. The second-order valence-electron chi connectivity index (χ2n) is 6.38. The van der Waals surface area contributed by atoms with E-state index in [4.69, 9.17) is 9.47 Å². The third-order valence-corrected chi connectivity index (χ3v) is 4.45. The summed E-state index contributed by atoms with van der Waals surface area (Å²) in [6.45, 7) is 3.32. The number of rotatable bonds is 9. The molecule has 0 fully saturated rings. The molecule has 2 atom stereocenters. The van der Waals surface area contributed by atoms with Crippen molar-refractivity contribution in [3.05, 3.63) is 66.2 Å². The Balaban J connectivity index is 2.50. The van der Waals surface area contributed by atoms with Crippen LogP contribution in [0.4, 0.5) is 5.69 Å². The Morgan fingerprint density at radius 2 is 1.40 bits per heavy atom. The molecule has 2 rings (SSSR count). The Morgan fingerprint density at radius 1 is 0.900 bits per heavy atom. The maximum atomic E-state index is 13.0. The summed E-state index contributed by atoms with van der Waals surface area (Å²) in [7, 11) is 0. The largest absolute Gasteiger partial charge is 0.465 e. The van der Waals surface area contributed by atoms with E-state index in [2.05, 4.69) is 5.32 Å². The number of para-hydroxylation sites is 1. The van der Waals surface area contributed by atoms with E-state index < -0.39 is 35.6 Å². The molecule has 0 spiro atoms. The summed E-state index contributed by atoms with van der Waals surface area (Å²) < 4.78 is 10.2. The van der Waals surface area contributed by atoms with Gasteiger partial charge in [0.25, 0.3) is 0 Å². The van der Waals surface area contributed by atoms with Gasteiger partial charge >= 0.3 is 11.9 Å². The lowest BCUT2D eigenvalue weighted by Crippen LogP contribution is -2.40. The summed E-state index contributed by atoms with van der Waals surface area (Å²) in [5.41, 5.74) is 0.983. The van der Waals surface area contributed by atoms with Gasteiger partial charge in [-0.25, -0.2) is 0 Å². The van der Waals surface area contributed by atoms with Gasteiger partial charge in [0, 0.05) is 11.6 Å². The molecule has 2 unspecified atom stereocenters. The van der Waals surface area contributed by atoms with Crippen molar-refractivity contribution in [3.63, 3.8) is 0 Å². The number of hydrogen-bond acceptors (Lipinski definition) is 6. The molecule has 1 amide bonds. The zero-order chi connectivity index (χ0) is 21.9. The molecular weight excluding hydrogens is 384 g/mol. The van der Waals surface area contributed by atoms with Gasteiger partial charge in [0.05, 0.1) is 19.3 Å². The van der Waals surface area contributed by atoms with Crippen LogP contribution in [-0.4, -0.2) is 31.1 Å². The van der Waals surface area contributed by atoms with E-state index in [1.807, 2.05) is 6.07 Å². The van der Waals surface area contributed by atoms with Crippen molar-refractivity contribution in [2.75, 3.05) is 18.5 Å². The molecule has 0 saturated carbocycles. The second kappa shape index (κ2) is 11.4. The first-order valence-electron chi connectivity index (χ1n) is 9.67. The number of esters is 2. The average molecular weight is 408 g/mol. The fourth-order valence-electron chi connectivity index (χ4n) is 3.15. The number of ether oxygens (including phenoxy) is 2. The van der Waals surface area contributed by atoms with E-state index in [-0.39, 0.29) is 13.2 Å². The predicted molar refractivity (Wildman–Crippen MR) is 110 cm³/mol. The van der Waals surface area contributed by atoms with Gasteiger partial charge in [-0.2, -0.15) is 5.26 Å². The Hall–Kier alpha value is -3.66. The summed E-state index contributed by atoms with van der Waals surface area (Å²) in [5, 5.41) is 12.5. The monoisotopic (exact) mass is 408 g/mol. The molecule has 1 N–H and O–H groups in total. The highest BCUT2D eigenvalue weighted by atomic mass is 16.6. The summed E-state index contributed by atoms with van der Waals surface area (Å²) in [5.74, 6) is -6.19. The molecule has 30 heavy (non-hydrogen) atoms. The van der Waals surface area contributed by atoms with E-state index in [1.165, 1.54) is 0 Å². The van der Waals surface area contributed by atoms with Crippen molar-refractivity contribution in [1.29, 1.82) is 5.26 Å². The molecule has 0 radical (unpaired) electrons. The van der Waals surface area contributed by atoms with Crippen LogP contribution in [-0.2, 0) is 23.9 Å². The number of carbonyl (C=O) groups is 3. The zero-order valence-corrected chi connectivity index (χ0v) is 16.9. The van der Waals surface area contributed by atoms with Crippen molar-refractivity contribution < 1.29 is 23.9 Å². The van der Waals surface area contributed by atoms with Gasteiger partial charge in [-0.15, -0.1) is 0 Å². The normalized spacial score (nSPS) is 12.3. The first-order valence-corrected chi connectivity index (χ1v) is 9.67. The van der Waals surface area contributed by atoms with Gasteiger partial charge in [-0.05, 0) is 31.5 Å². The van der Waals surface area contributed by atoms with E-state index in [9.17, 15) is 19.6 Å². The molecule has 0 aliphatic carbocycles. The number of anilines is 1. The number of nitrogens with one attached hydrogen (secondary N) is 1. The van der Waals surface area contributed by atoms with Crippen LogP contribution < -0.4 is 5.32 Å². The van der Waals surface area contributed by atoms with Crippen molar-refractivity contribution >= 4 is 23.5 Å². The van der Waals surface area contributed by atoms with Crippen molar-refractivity contribution in [3.8, 4) is 6.07 Å². The van der Waals surface area contributed by atoms with E-state index >= 15 is 0 Å². The average Bonchev–Trinajstić information content (AvgIpc) is 2.75. The van der Waals surface area contributed by atoms with Crippen LogP contribution in [0.5, 0.6) is 0 Å². The minimum atomic E-state index is -1.46. The van der Waals surface area contributed by atoms with Gasteiger partial charge in [-0.1, -0.05) is 48.5 Å². The highest BCUT2D eigenvalue weighted by molar-refractivity contribution is 6.00. The van der Waals surface area contributed by atoms with Crippen LogP contribution in [0.3, 0.4) is 0 Å². The molecule has 0 heterocycles. The fourth-order valence-corrected chi connectivity index (χ4v) is 3.15. The van der Waals surface area contributed by atoms with Crippen molar-refractivity contribution in [2.24, 2.45) is 11.8 Å². The van der Waals surface area contributed by atoms with Crippen molar-refractivity contribution in [2.45, 2.75) is 19.8 Å². The Kier molecular flexibility index (Phi) is 8.57. The molecule has 0 aliphatic rings. The summed E-state index contributed by atoms with van der Waals surface area (Å²) >= 11 is 0. The van der Waals surface area contributed by atoms with Gasteiger partial charge < -0.3 is 14.8 Å². The first kappa shape index (κ1) is 22.6. The molecule has 156 valence electrons. The Labute approximate surface area is 175 Å². The van der Waals surface area contributed by atoms with Gasteiger partial charge in [0.15, 0.2) is 5.92 Å². The van der Waals surface area contributed by atoms with E-state index in [0.29, 0.717) is 11.3 Å². The molecule has 0 bridgehead atoms. The molecule has 0 aliphatic heterocycles. The number of amides is 1. The van der Waals surface area contributed by atoms with Crippen LogP contribution in [0.2, 0.25) is 0 Å². The lowest BCUT2D eigenvalue weighted by Gasteiger charge is -2.27. The number of benzene rings is 2. The standard InChI is InChI=1S/C23H24N2O5/c1-3-29-22(27)20(23(28)30-4-2)19(16-11-7-5-8-12-16)18(15-24)21(26)25-17-13-9-6-10-14-17/h5-14,18-20H,3-4H2,1-2H3,(H,25,26). The quantitative estimate of drug-likeness (QED) is 0.504. The SMILES string of the molecule is CCOC(=O)C(C(=O)OCC)C(c1ccccc1)C(C#N)C(=O)Nc1ccccc1. The van der Waals surface area contributed by atoms with E-state index in [0.717, 1.165) is 0 Å². The maximum Gasteiger partial charge on any atom is 0.321 e. The van der Waals surface area contributed by atoms with Crippen LogP contribution in [0.15, 0.2) is 60.7 Å². The lowest BCUT2D eigenvalue weighted by atomic mass is 9.76. The third-order valence-electron chi connectivity index (χ3n) is 4.45. The fraction of sp³-hybridized carbons (Fsp3) is 0.304.